The number of nitrogen functional groups attached to an aromatic ring is 1. The summed E-state index contributed by atoms with van der Waals surface area (Å²) in [4.78, 5) is -0.503. The minimum absolute atomic E-state index is 0.503. The quantitative estimate of drug-likeness (QED) is 0.274. The molecule has 0 fully saturated rings. The van der Waals surface area contributed by atoms with Gasteiger partial charge in [-0.3, -0.25) is 0 Å². The molecule has 1 aromatic carbocycles. The van der Waals surface area contributed by atoms with Crippen molar-refractivity contribution in [2.75, 3.05) is 5.73 Å². The van der Waals surface area contributed by atoms with E-state index >= 15 is 0 Å². The second-order valence-corrected chi connectivity index (χ2v) is 3.26. The Morgan fingerprint density at radius 2 is 1.50 bits per heavy atom. The third-order valence-corrected chi connectivity index (χ3v) is 2.26. The molecule has 0 radical (unpaired) electrons. The fourth-order valence-corrected chi connectivity index (χ4v) is 1.40. The molecule has 0 spiro atoms. The van der Waals surface area contributed by atoms with E-state index < -0.39 is 33.9 Å². The molecular formula is C8H5F4NS. The van der Waals surface area contributed by atoms with Gasteiger partial charge in [0.2, 0.25) is 0 Å². The van der Waals surface area contributed by atoms with Crippen molar-refractivity contribution in [2.24, 2.45) is 0 Å². The van der Waals surface area contributed by atoms with E-state index in [1.165, 1.54) is 0 Å². The van der Waals surface area contributed by atoms with Gasteiger partial charge in [0.25, 0.3) is 0 Å². The maximum Gasteiger partial charge on any atom is 0.199 e. The number of benzene rings is 1. The highest BCUT2D eigenvalue weighted by atomic mass is 32.2. The summed E-state index contributed by atoms with van der Waals surface area (Å²) in [6.45, 7) is 3.22. The summed E-state index contributed by atoms with van der Waals surface area (Å²) >= 11 is 0.583. The molecule has 0 saturated heterocycles. The van der Waals surface area contributed by atoms with Crippen molar-refractivity contribution in [3.8, 4) is 0 Å². The average molecular weight is 223 g/mol. The van der Waals surface area contributed by atoms with Crippen molar-refractivity contribution in [1.29, 1.82) is 0 Å². The van der Waals surface area contributed by atoms with Gasteiger partial charge in [-0.2, -0.15) is 0 Å². The number of anilines is 1. The molecule has 0 amide bonds. The van der Waals surface area contributed by atoms with Crippen molar-refractivity contribution >= 4 is 17.4 Å². The van der Waals surface area contributed by atoms with Gasteiger partial charge < -0.3 is 5.73 Å². The standard InChI is InChI=1S/C8H5F4NS/c1-2-14-8-6(12)4(10)3(9)5(11)7(8)13/h2H,1,13H2. The number of nitrogens with two attached hydrogens (primary N) is 1. The van der Waals surface area contributed by atoms with Crippen LogP contribution in [0, 0.1) is 23.3 Å². The van der Waals surface area contributed by atoms with Crippen molar-refractivity contribution in [1.82, 2.24) is 0 Å². The Balaban J connectivity index is 3.50. The zero-order chi connectivity index (χ0) is 10.9. The van der Waals surface area contributed by atoms with Gasteiger partial charge in [-0.15, -0.1) is 0 Å². The molecule has 14 heavy (non-hydrogen) atoms. The minimum Gasteiger partial charge on any atom is -0.395 e. The molecule has 0 heterocycles. The molecule has 1 rings (SSSR count). The van der Waals surface area contributed by atoms with Crippen LogP contribution in [0.1, 0.15) is 0 Å². The summed E-state index contributed by atoms with van der Waals surface area (Å²) in [5.41, 5.74) is 4.29. The summed E-state index contributed by atoms with van der Waals surface area (Å²) in [7, 11) is 0. The van der Waals surface area contributed by atoms with Crippen molar-refractivity contribution < 1.29 is 17.6 Å². The lowest BCUT2D eigenvalue weighted by Crippen LogP contribution is -2.04. The van der Waals surface area contributed by atoms with Crippen LogP contribution in [0.5, 0.6) is 0 Å². The van der Waals surface area contributed by atoms with E-state index in [0.29, 0.717) is 11.8 Å². The van der Waals surface area contributed by atoms with Crippen molar-refractivity contribution in [3.05, 3.63) is 35.3 Å². The summed E-state index contributed by atoms with van der Waals surface area (Å²) in [6, 6.07) is 0. The van der Waals surface area contributed by atoms with Crippen LogP contribution in [-0.2, 0) is 0 Å². The molecule has 0 aliphatic heterocycles. The Morgan fingerprint density at radius 3 is 2.00 bits per heavy atom. The molecular weight excluding hydrogens is 218 g/mol. The van der Waals surface area contributed by atoms with E-state index in [9.17, 15) is 17.6 Å². The van der Waals surface area contributed by atoms with E-state index in [-0.39, 0.29) is 0 Å². The van der Waals surface area contributed by atoms with E-state index in [0.717, 1.165) is 5.41 Å². The lowest BCUT2D eigenvalue weighted by Gasteiger charge is -2.07. The molecule has 6 heteroatoms. The van der Waals surface area contributed by atoms with Crippen molar-refractivity contribution in [2.45, 2.75) is 4.90 Å². The lowest BCUT2D eigenvalue weighted by molar-refractivity contribution is 0.401. The van der Waals surface area contributed by atoms with Crippen LogP contribution in [0.2, 0.25) is 0 Å². The largest absolute Gasteiger partial charge is 0.395 e. The Bertz CT molecular complexity index is 362. The van der Waals surface area contributed by atoms with E-state index in [1.54, 1.807) is 0 Å². The normalized spacial score (nSPS) is 10.3. The highest BCUT2D eigenvalue weighted by molar-refractivity contribution is 8.02. The van der Waals surface area contributed by atoms with Gasteiger partial charge in [0.1, 0.15) is 0 Å². The Hall–Kier alpha value is -1.17. The maximum absolute atomic E-state index is 13.0. The maximum atomic E-state index is 13.0. The van der Waals surface area contributed by atoms with Crippen LogP contribution >= 0.6 is 11.8 Å². The molecule has 0 aromatic heterocycles. The summed E-state index contributed by atoms with van der Waals surface area (Å²) in [5.74, 6) is -6.88. The van der Waals surface area contributed by atoms with Crippen LogP contribution in [-0.4, -0.2) is 0 Å². The Labute approximate surface area is 81.6 Å². The molecule has 76 valence electrons. The molecule has 0 atom stereocenters. The van der Waals surface area contributed by atoms with Crippen molar-refractivity contribution in [3.63, 3.8) is 0 Å². The highest BCUT2D eigenvalue weighted by Crippen LogP contribution is 2.33. The van der Waals surface area contributed by atoms with Gasteiger partial charge in [-0.1, -0.05) is 18.3 Å². The fourth-order valence-electron chi connectivity index (χ4n) is 0.827. The second-order valence-electron chi connectivity index (χ2n) is 2.28. The summed E-state index contributed by atoms with van der Waals surface area (Å²) < 4.78 is 51.0. The monoisotopic (exact) mass is 223 g/mol. The van der Waals surface area contributed by atoms with Crippen LogP contribution in [0.4, 0.5) is 23.2 Å². The third kappa shape index (κ3) is 1.57. The minimum atomic E-state index is -1.91. The number of halogens is 4. The predicted molar refractivity (Wildman–Crippen MR) is 46.7 cm³/mol. The van der Waals surface area contributed by atoms with Crippen LogP contribution in [0.25, 0.3) is 0 Å². The first kappa shape index (κ1) is 10.9. The molecule has 1 aromatic rings. The molecule has 0 unspecified atom stereocenters. The number of hydrogen-bond acceptors (Lipinski definition) is 2. The van der Waals surface area contributed by atoms with Gasteiger partial charge in [-0.25, -0.2) is 17.6 Å². The van der Waals surface area contributed by atoms with E-state index in [2.05, 4.69) is 6.58 Å². The number of rotatable bonds is 2. The van der Waals surface area contributed by atoms with Crippen LogP contribution in [0.3, 0.4) is 0 Å². The fraction of sp³-hybridized carbons (Fsp3) is 0. The van der Waals surface area contributed by atoms with E-state index in [4.69, 9.17) is 5.73 Å². The number of thioether (sulfide) groups is 1. The lowest BCUT2D eigenvalue weighted by atomic mass is 10.2. The first-order chi connectivity index (χ1) is 6.50. The first-order valence-corrected chi connectivity index (χ1v) is 4.27. The molecule has 0 saturated carbocycles. The Morgan fingerprint density at radius 1 is 1.00 bits per heavy atom. The zero-order valence-corrected chi connectivity index (χ0v) is 7.60. The number of hydrogen-bond donors (Lipinski definition) is 1. The van der Waals surface area contributed by atoms with Gasteiger partial charge in [-0.05, 0) is 5.41 Å². The topological polar surface area (TPSA) is 26.0 Å². The highest BCUT2D eigenvalue weighted by Gasteiger charge is 2.23. The third-order valence-electron chi connectivity index (χ3n) is 1.46. The van der Waals surface area contributed by atoms with Crippen LogP contribution < -0.4 is 5.73 Å². The van der Waals surface area contributed by atoms with Gasteiger partial charge in [0, 0.05) is 0 Å². The molecule has 0 aliphatic rings. The zero-order valence-electron chi connectivity index (χ0n) is 6.78. The van der Waals surface area contributed by atoms with E-state index in [1.807, 2.05) is 0 Å². The second kappa shape index (κ2) is 3.91. The SMILES string of the molecule is C=CSc1c(N)c(F)c(F)c(F)c1F. The summed E-state index contributed by atoms with van der Waals surface area (Å²) in [5, 5.41) is 1.13. The first-order valence-electron chi connectivity index (χ1n) is 3.39. The van der Waals surface area contributed by atoms with Gasteiger partial charge in [0.15, 0.2) is 23.3 Å². The summed E-state index contributed by atoms with van der Waals surface area (Å²) in [6.07, 6.45) is 0. The smallest absolute Gasteiger partial charge is 0.199 e. The molecule has 0 aliphatic carbocycles. The Kier molecular flexibility index (Phi) is 3.05. The van der Waals surface area contributed by atoms with Crippen LogP contribution in [0.15, 0.2) is 16.9 Å². The molecule has 1 nitrogen and oxygen atoms in total. The average Bonchev–Trinajstić information content (AvgIpc) is 2.19. The van der Waals surface area contributed by atoms with Gasteiger partial charge >= 0.3 is 0 Å². The van der Waals surface area contributed by atoms with Gasteiger partial charge in [0.05, 0.1) is 10.6 Å². The molecule has 2 N–H and O–H groups in total. The molecule has 0 bridgehead atoms. The predicted octanol–water partition coefficient (Wildman–Crippen LogP) is 3.06.